The fourth-order valence-corrected chi connectivity index (χ4v) is 5.67. The Labute approximate surface area is 189 Å². The molecule has 2 aliphatic rings. The number of ether oxygens (including phenoxy) is 2. The molecule has 0 aliphatic carbocycles. The molecule has 0 fully saturated rings. The molecule has 3 heteroatoms. The maximum Gasteiger partial charge on any atom is 0.251 e. The predicted octanol–water partition coefficient (Wildman–Crippen LogP) is 5.36. The molecule has 4 aromatic rings. The zero-order valence-electron chi connectivity index (χ0n) is 18.9. The number of aryl methyl sites for hydroxylation is 2. The van der Waals surface area contributed by atoms with Gasteiger partial charge in [-0.3, -0.25) is 0 Å². The van der Waals surface area contributed by atoms with Gasteiger partial charge >= 0.3 is 0 Å². The highest BCUT2D eigenvalue weighted by Gasteiger charge is 2.45. The lowest BCUT2D eigenvalue weighted by molar-refractivity contribution is 0.480. The van der Waals surface area contributed by atoms with Gasteiger partial charge < -0.3 is 9.47 Å². The molecule has 0 N–H and O–H groups in total. The summed E-state index contributed by atoms with van der Waals surface area (Å²) in [6.45, 7) is 9.15. The van der Waals surface area contributed by atoms with Crippen LogP contribution < -0.4 is 25.9 Å². The number of hydrogen-bond acceptors (Lipinski definition) is 2. The number of para-hydroxylation sites is 1. The van der Waals surface area contributed by atoms with Gasteiger partial charge in [-0.2, -0.15) is 0 Å². The topological polar surface area (TPSA) is 18.5 Å². The summed E-state index contributed by atoms with van der Waals surface area (Å²) in [7, 11) is 0. The van der Waals surface area contributed by atoms with Gasteiger partial charge in [0, 0.05) is 5.41 Å². The summed E-state index contributed by atoms with van der Waals surface area (Å²) in [5.74, 6) is 3.63. The van der Waals surface area contributed by atoms with Crippen molar-refractivity contribution in [3.8, 4) is 23.0 Å². The van der Waals surface area contributed by atoms with E-state index in [2.05, 4.69) is 76.2 Å². The van der Waals surface area contributed by atoms with E-state index in [4.69, 9.17) is 9.47 Å². The molecule has 4 aromatic carbocycles. The molecule has 0 spiro atoms. The largest absolute Gasteiger partial charge is 0.458 e. The van der Waals surface area contributed by atoms with E-state index in [1.54, 1.807) is 0 Å². The van der Waals surface area contributed by atoms with Gasteiger partial charge in [0.1, 0.15) is 23.0 Å². The van der Waals surface area contributed by atoms with Gasteiger partial charge in [-0.05, 0) is 77.9 Å². The molecular weight excluding hydrogens is 391 g/mol. The second-order valence-corrected chi connectivity index (χ2v) is 9.53. The molecule has 0 atom stereocenters. The highest BCUT2D eigenvalue weighted by atomic mass is 16.5. The minimum Gasteiger partial charge on any atom is -0.458 e. The van der Waals surface area contributed by atoms with E-state index in [-0.39, 0.29) is 12.1 Å². The number of benzene rings is 4. The smallest absolute Gasteiger partial charge is 0.251 e. The van der Waals surface area contributed by atoms with Gasteiger partial charge in [-0.1, -0.05) is 67.3 Å². The Kier molecular flexibility index (Phi) is 4.07. The van der Waals surface area contributed by atoms with Crippen molar-refractivity contribution in [1.82, 2.24) is 0 Å². The number of rotatable bonds is 2. The van der Waals surface area contributed by atoms with Crippen molar-refractivity contribution in [1.29, 1.82) is 0 Å². The minimum absolute atomic E-state index is 0.128. The van der Waals surface area contributed by atoms with Crippen LogP contribution in [0.5, 0.6) is 23.0 Å². The second-order valence-electron chi connectivity index (χ2n) is 9.53. The van der Waals surface area contributed by atoms with E-state index in [0.717, 1.165) is 23.0 Å². The molecule has 0 aromatic heterocycles. The molecule has 0 saturated heterocycles. The maximum atomic E-state index is 6.44. The first-order valence-electron chi connectivity index (χ1n) is 11.2. The summed E-state index contributed by atoms with van der Waals surface area (Å²) in [6.07, 6.45) is 0. The monoisotopic (exact) mass is 416 g/mol. The van der Waals surface area contributed by atoms with Crippen LogP contribution in [0.3, 0.4) is 0 Å². The van der Waals surface area contributed by atoms with Gasteiger partial charge in [0.25, 0.3) is 6.71 Å². The Hall–Kier alpha value is -3.46. The fraction of sp³-hybridized carbons (Fsp3) is 0.172. The highest BCUT2D eigenvalue weighted by molar-refractivity contribution is 6.98. The van der Waals surface area contributed by atoms with Crippen molar-refractivity contribution in [2.75, 3.05) is 0 Å². The quantitative estimate of drug-likeness (QED) is 0.361. The van der Waals surface area contributed by atoms with Crippen molar-refractivity contribution in [3.05, 3.63) is 101 Å². The number of fused-ring (bicyclic) bond motifs is 4. The van der Waals surface area contributed by atoms with Crippen LogP contribution in [0.25, 0.3) is 0 Å². The lowest BCUT2D eigenvalue weighted by Crippen LogP contribution is -2.62. The Morgan fingerprint density at radius 1 is 0.750 bits per heavy atom. The third-order valence-corrected chi connectivity index (χ3v) is 7.01. The van der Waals surface area contributed by atoms with Crippen LogP contribution >= 0.6 is 0 Å². The van der Waals surface area contributed by atoms with Crippen LogP contribution in [0.1, 0.15) is 36.1 Å². The first-order chi connectivity index (χ1) is 15.4. The summed E-state index contributed by atoms with van der Waals surface area (Å²) in [5, 5.41) is 0. The van der Waals surface area contributed by atoms with E-state index in [0.29, 0.717) is 0 Å². The maximum absolute atomic E-state index is 6.44. The van der Waals surface area contributed by atoms with Crippen LogP contribution in [-0.2, 0) is 5.41 Å². The Morgan fingerprint density at radius 2 is 1.53 bits per heavy atom. The van der Waals surface area contributed by atoms with Crippen molar-refractivity contribution >= 4 is 23.1 Å². The summed E-state index contributed by atoms with van der Waals surface area (Å²) in [6, 6.07) is 27.4. The van der Waals surface area contributed by atoms with Crippen LogP contribution in [-0.4, -0.2) is 6.71 Å². The summed E-state index contributed by atoms with van der Waals surface area (Å²) < 4.78 is 12.7. The Balaban J connectivity index is 1.61. The molecule has 0 saturated carbocycles. The Bertz CT molecular complexity index is 1370. The number of hydrogen-bond donors (Lipinski definition) is 0. The van der Waals surface area contributed by atoms with E-state index in [1.165, 1.54) is 38.6 Å². The van der Waals surface area contributed by atoms with E-state index >= 15 is 0 Å². The van der Waals surface area contributed by atoms with E-state index in [1.807, 2.05) is 30.3 Å². The van der Waals surface area contributed by atoms with Gasteiger partial charge in [0.05, 0.1) is 0 Å². The van der Waals surface area contributed by atoms with Gasteiger partial charge in [-0.15, -0.1) is 0 Å². The standard InChI is InChI=1S/C29H25BO2/c1-18-10-14-25-24(16-18)30-23-17-21(31-20-8-6-5-7-9-20)12-13-22(23)29(3,4)27-19(2)11-15-26(32-25)28(27)30/h5-17H,1-4H3. The average Bonchev–Trinajstić information content (AvgIpc) is 2.77. The molecular formula is C29H25BO2. The van der Waals surface area contributed by atoms with Gasteiger partial charge in [0.15, 0.2) is 0 Å². The second kappa shape index (κ2) is 6.77. The van der Waals surface area contributed by atoms with Crippen LogP contribution in [0, 0.1) is 13.8 Å². The van der Waals surface area contributed by atoms with Gasteiger partial charge in [-0.25, -0.2) is 0 Å². The zero-order chi connectivity index (χ0) is 22.0. The lowest BCUT2D eigenvalue weighted by atomic mass is 9.30. The highest BCUT2D eigenvalue weighted by Crippen LogP contribution is 2.40. The molecule has 32 heavy (non-hydrogen) atoms. The lowest BCUT2D eigenvalue weighted by Gasteiger charge is -2.42. The molecule has 2 aliphatic heterocycles. The van der Waals surface area contributed by atoms with E-state index in [9.17, 15) is 0 Å². The fourth-order valence-electron chi connectivity index (χ4n) is 5.67. The summed E-state index contributed by atoms with van der Waals surface area (Å²) >= 11 is 0. The predicted molar refractivity (Wildman–Crippen MR) is 132 cm³/mol. The van der Waals surface area contributed by atoms with Crippen molar-refractivity contribution in [2.45, 2.75) is 33.1 Å². The molecule has 6 rings (SSSR count). The zero-order valence-corrected chi connectivity index (χ0v) is 18.9. The SMILES string of the molecule is Cc1ccc2c(c1)B1c3cc(Oc4ccccc4)ccc3C(C)(C)c3c(C)ccc(c31)O2. The third kappa shape index (κ3) is 2.74. The van der Waals surface area contributed by atoms with Crippen molar-refractivity contribution in [3.63, 3.8) is 0 Å². The first-order valence-corrected chi connectivity index (χ1v) is 11.2. The summed E-state index contributed by atoms with van der Waals surface area (Å²) in [5.41, 5.74) is 9.01. The summed E-state index contributed by atoms with van der Waals surface area (Å²) in [4.78, 5) is 0. The molecule has 2 nitrogen and oxygen atoms in total. The normalized spacial score (nSPS) is 14.7. The van der Waals surface area contributed by atoms with Gasteiger partial charge in [0.2, 0.25) is 0 Å². The van der Waals surface area contributed by atoms with Crippen LogP contribution in [0.4, 0.5) is 0 Å². The average molecular weight is 416 g/mol. The molecule has 0 unspecified atom stereocenters. The first kappa shape index (κ1) is 19.2. The van der Waals surface area contributed by atoms with Crippen LogP contribution in [0.15, 0.2) is 78.9 Å². The van der Waals surface area contributed by atoms with Crippen LogP contribution in [0.2, 0.25) is 0 Å². The molecule has 0 bridgehead atoms. The molecule has 0 radical (unpaired) electrons. The van der Waals surface area contributed by atoms with E-state index < -0.39 is 0 Å². The van der Waals surface area contributed by atoms with Crippen molar-refractivity contribution < 1.29 is 9.47 Å². The molecule has 0 amide bonds. The Morgan fingerprint density at radius 3 is 2.34 bits per heavy atom. The molecule has 2 heterocycles. The molecule has 156 valence electrons. The minimum atomic E-state index is -0.128. The third-order valence-electron chi connectivity index (χ3n) is 7.01. The van der Waals surface area contributed by atoms with Crippen molar-refractivity contribution in [2.24, 2.45) is 0 Å².